The molecule has 0 saturated carbocycles. The maximum atomic E-state index is 5.33. The van der Waals surface area contributed by atoms with E-state index in [1.807, 2.05) is 12.1 Å². The molecule has 1 aliphatic rings. The van der Waals surface area contributed by atoms with Crippen LogP contribution in [0, 0.1) is 0 Å². The summed E-state index contributed by atoms with van der Waals surface area (Å²) in [6.45, 7) is 4.44. The fourth-order valence-corrected chi connectivity index (χ4v) is 4.29. The standard InChI is InChI=1S/C23H26N4O.ClH/c1-28-19-11-9-18(10-12-19)22-17-27-21-8-4-3-7-20(21)24-23(27)26(22)16-15-25-13-5-2-6-14-25;/h3-4,7-12,17H,2,5-6,13-16H2,1H3;1H. The molecule has 1 saturated heterocycles. The van der Waals surface area contributed by atoms with Crippen molar-refractivity contribution in [1.82, 2.24) is 18.9 Å². The van der Waals surface area contributed by atoms with E-state index in [4.69, 9.17) is 9.72 Å². The van der Waals surface area contributed by atoms with E-state index in [0.717, 1.165) is 35.7 Å². The Balaban J connectivity index is 0.00000205. The van der Waals surface area contributed by atoms with Crippen LogP contribution in [0.3, 0.4) is 0 Å². The van der Waals surface area contributed by atoms with E-state index in [-0.39, 0.29) is 12.4 Å². The molecule has 0 N–H and O–H groups in total. The first-order chi connectivity index (χ1) is 13.8. The van der Waals surface area contributed by atoms with Gasteiger partial charge in [0.15, 0.2) is 0 Å². The third kappa shape index (κ3) is 3.72. The Kier molecular flexibility index (Phi) is 5.79. The van der Waals surface area contributed by atoms with Gasteiger partial charge in [-0.3, -0.25) is 4.40 Å². The number of ether oxygens (including phenoxy) is 1. The predicted molar refractivity (Wildman–Crippen MR) is 120 cm³/mol. The molecule has 5 rings (SSSR count). The third-order valence-electron chi connectivity index (χ3n) is 5.84. The summed E-state index contributed by atoms with van der Waals surface area (Å²) in [7, 11) is 1.70. The number of hydrogen-bond acceptors (Lipinski definition) is 3. The lowest BCUT2D eigenvalue weighted by atomic mass is 10.1. The van der Waals surface area contributed by atoms with Gasteiger partial charge in [-0.05, 0) is 62.3 Å². The molecule has 0 aliphatic carbocycles. The minimum atomic E-state index is 0. The van der Waals surface area contributed by atoms with Crippen LogP contribution in [0.25, 0.3) is 28.1 Å². The van der Waals surface area contributed by atoms with E-state index in [0.29, 0.717) is 0 Å². The second-order valence-corrected chi connectivity index (χ2v) is 7.57. The van der Waals surface area contributed by atoms with Gasteiger partial charge < -0.3 is 14.2 Å². The second-order valence-electron chi connectivity index (χ2n) is 7.57. The Bertz CT molecular complexity index is 1090. The van der Waals surface area contributed by atoms with Crippen molar-refractivity contribution >= 4 is 29.2 Å². The van der Waals surface area contributed by atoms with Gasteiger partial charge in [0.2, 0.25) is 5.78 Å². The fraction of sp³-hybridized carbons (Fsp3) is 0.348. The van der Waals surface area contributed by atoms with E-state index in [9.17, 15) is 0 Å². The Morgan fingerprint density at radius 3 is 2.45 bits per heavy atom. The number of imidazole rings is 2. The predicted octanol–water partition coefficient (Wildman–Crippen LogP) is 4.87. The maximum absolute atomic E-state index is 5.33. The van der Waals surface area contributed by atoms with Crippen LogP contribution in [0.15, 0.2) is 54.7 Å². The van der Waals surface area contributed by atoms with Gasteiger partial charge in [-0.15, -0.1) is 12.4 Å². The van der Waals surface area contributed by atoms with Crippen LogP contribution < -0.4 is 4.74 Å². The summed E-state index contributed by atoms with van der Waals surface area (Å²) in [5, 5.41) is 0. The highest BCUT2D eigenvalue weighted by atomic mass is 35.5. The summed E-state index contributed by atoms with van der Waals surface area (Å²) >= 11 is 0. The zero-order chi connectivity index (χ0) is 18.9. The van der Waals surface area contributed by atoms with Crippen molar-refractivity contribution in [3.8, 4) is 17.0 Å². The first kappa shape index (κ1) is 19.8. The lowest BCUT2D eigenvalue weighted by Gasteiger charge is -2.26. The molecule has 6 heteroatoms. The average molecular weight is 411 g/mol. The molecular formula is C23H27ClN4O. The number of halogens is 1. The van der Waals surface area contributed by atoms with E-state index < -0.39 is 0 Å². The van der Waals surface area contributed by atoms with Crippen molar-refractivity contribution in [2.75, 3.05) is 26.7 Å². The molecule has 2 aromatic heterocycles. The number of piperidine rings is 1. The number of rotatable bonds is 5. The quantitative estimate of drug-likeness (QED) is 0.470. The van der Waals surface area contributed by atoms with Gasteiger partial charge in [-0.2, -0.15) is 0 Å². The van der Waals surface area contributed by atoms with Crippen LogP contribution in [-0.4, -0.2) is 45.6 Å². The van der Waals surface area contributed by atoms with Crippen LogP contribution in [0.4, 0.5) is 0 Å². The summed E-state index contributed by atoms with van der Waals surface area (Å²) in [6, 6.07) is 16.7. The average Bonchev–Trinajstić information content (AvgIpc) is 3.29. The van der Waals surface area contributed by atoms with Crippen LogP contribution in [-0.2, 0) is 6.54 Å². The highest BCUT2D eigenvalue weighted by Crippen LogP contribution is 2.28. The SMILES string of the molecule is COc1ccc(-c2cn3c4ccccc4nc3n2CCN2CCCCC2)cc1.Cl. The molecule has 29 heavy (non-hydrogen) atoms. The Hall–Kier alpha value is -2.50. The van der Waals surface area contributed by atoms with Crippen molar-refractivity contribution in [3.05, 3.63) is 54.7 Å². The van der Waals surface area contributed by atoms with Crippen LogP contribution in [0.5, 0.6) is 5.75 Å². The number of methoxy groups -OCH3 is 1. The number of benzene rings is 2. The van der Waals surface area contributed by atoms with E-state index >= 15 is 0 Å². The van der Waals surface area contributed by atoms with Crippen molar-refractivity contribution in [1.29, 1.82) is 0 Å². The Morgan fingerprint density at radius 2 is 1.69 bits per heavy atom. The number of fused-ring (bicyclic) bond motifs is 3. The molecule has 0 spiro atoms. The van der Waals surface area contributed by atoms with Gasteiger partial charge in [0.1, 0.15) is 5.75 Å². The molecule has 3 heterocycles. The molecule has 0 amide bonds. The van der Waals surface area contributed by atoms with E-state index in [1.165, 1.54) is 43.6 Å². The Labute approximate surface area is 177 Å². The molecular weight excluding hydrogens is 384 g/mol. The number of aromatic nitrogens is 3. The molecule has 1 aliphatic heterocycles. The number of hydrogen-bond donors (Lipinski definition) is 0. The molecule has 4 aromatic rings. The van der Waals surface area contributed by atoms with Crippen molar-refractivity contribution in [2.45, 2.75) is 25.8 Å². The van der Waals surface area contributed by atoms with Crippen LogP contribution in [0.2, 0.25) is 0 Å². The minimum Gasteiger partial charge on any atom is -0.497 e. The van der Waals surface area contributed by atoms with Crippen molar-refractivity contribution in [2.24, 2.45) is 0 Å². The van der Waals surface area contributed by atoms with E-state index in [2.05, 4.69) is 56.5 Å². The van der Waals surface area contributed by atoms with Crippen LogP contribution in [0.1, 0.15) is 19.3 Å². The molecule has 152 valence electrons. The highest BCUT2D eigenvalue weighted by Gasteiger charge is 2.17. The first-order valence-corrected chi connectivity index (χ1v) is 10.2. The number of para-hydroxylation sites is 2. The van der Waals surface area contributed by atoms with E-state index in [1.54, 1.807) is 7.11 Å². The van der Waals surface area contributed by atoms with Gasteiger partial charge in [0, 0.05) is 24.8 Å². The normalized spacial score (nSPS) is 14.9. The molecule has 0 bridgehead atoms. The first-order valence-electron chi connectivity index (χ1n) is 10.2. The summed E-state index contributed by atoms with van der Waals surface area (Å²) in [5.41, 5.74) is 4.59. The number of likely N-dealkylation sites (tertiary alicyclic amines) is 1. The summed E-state index contributed by atoms with van der Waals surface area (Å²) in [5.74, 6) is 1.90. The van der Waals surface area contributed by atoms with Crippen molar-refractivity contribution < 1.29 is 4.74 Å². The summed E-state index contributed by atoms with van der Waals surface area (Å²) in [6.07, 6.45) is 6.23. The molecule has 0 radical (unpaired) electrons. The van der Waals surface area contributed by atoms with Crippen LogP contribution >= 0.6 is 12.4 Å². The highest BCUT2D eigenvalue weighted by molar-refractivity contribution is 5.85. The smallest absolute Gasteiger partial charge is 0.215 e. The molecule has 1 fully saturated rings. The maximum Gasteiger partial charge on any atom is 0.215 e. The third-order valence-corrected chi connectivity index (χ3v) is 5.84. The molecule has 0 atom stereocenters. The molecule has 5 nitrogen and oxygen atoms in total. The fourth-order valence-electron chi connectivity index (χ4n) is 4.29. The zero-order valence-electron chi connectivity index (χ0n) is 16.8. The van der Waals surface area contributed by atoms with Gasteiger partial charge in [-0.25, -0.2) is 4.98 Å². The topological polar surface area (TPSA) is 34.7 Å². The van der Waals surface area contributed by atoms with Gasteiger partial charge >= 0.3 is 0 Å². The summed E-state index contributed by atoms with van der Waals surface area (Å²) in [4.78, 5) is 7.53. The molecule has 0 unspecified atom stereocenters. The monoisotopic (exact) mass is 410 g/mol. The summed E-state index contributed by atoms with van der Waals surface area (Å²) < 4.78 is 9.93. The van der Waals surface area contributed by atoms with Gasteiger partial charge in [0.05, 0.1) is 23.8 Å². The van der Waals surface area contributed by atoms with Gasteiger partial charge in [-0.1, -0.05) is 18.6 Å². The van der Waals surface area contributed by atoms with Crippen molar-refractivity contribution in [3.63, 3.8) is 0 Å². The molecule has 2 aromatic carbocycles. The lowest BCUT2D eigenvalue weighted by Crippen LogP contribution is -2.32. The zero-order valence-corrected chi connectivity index (χ0v) is 17.6. The number of nitrogens with zero attached hydrogens (tertiary/aromatic N) is 4. The minimum absolute atomic E-state index is 0. The largest absolute Gasteiger partial charge is 0.497 e. The van der Waals surface area contributed by atoms with Gasteiger partial charge in [0.25, 0.3) is 0 Å². The Morgan fingerprint density at radius 1 is 0.931 bits per heavy atom. The lowest BCUT2D eigenvalue weighted by molar-refractivity contribution is 0.222. The second kappa shape index (κ2) is 8.47.